The molecule has 4 nitrogen and oxygen atoms in total. The van der Waals surface area contributed by atoms with E-state index in [-0.39, 0.29) is 0 Å². The van der Waals surface area contributed by atoms with Crippen molar-refractivity contribution in [3.05, 3.63) is 53.9 Å². The van der Waals surface area contributed by atoms with Crippen LogP contribution in [0.25, 0.3) is 10.9 Å². The largest absolute Gasteiger partial charge is 0.394 e. The monoisotopic (exact) mass is 255 g/mol. The van der Waals surface area contributed by atoms with Gasteiger partial charge in [0.15, 0.2) is 0 Å². The lowest BCUT2D eigenvalue weighted by Crippen LogP contribution is -2.05. The number of aryl methyl sites for hydroxylation is 1. The van der Waals surface area contributed by atoms with Gasteiger partial charge in [-0.1, -0.05) is 17.7 Å². The SMILES string of the molecule is CN/C=C(\C=C/C=O)Cn1ncc2cc(C)ccc21. The number of aldehydes is 1. The Bertz CT molecular complexity index is 638. The molecule has 0 aliphatic rings. The normalized spacial score (nSPS) is 12.2. The third-order valence-electron chi connectivity index (χ3n) is 2.85. The van der Waals surface area contributed by atoms with Crippen molar-refractivity contribution in [2.45, 2.75) is 13.5 Å². The molecule has 1 aromatic carbocycles. The number of benzene rings is 1. The van der Waals surface area contributed by atoms with Gasteiger partial charge in [0.2, 0.25) is 0 Å². The van der Waals surface area contributed by atoms with E-state index in [0.29, 0.717) is 6.54 Å². The first-order valence-corrected chi connectivity index (χ1v) is 6.15. The molecule has 0 amide bonds. The molecule has 0 fully saturated rings. The lowest BCUT2D eigenvalue weighted by molar-refractivity contribution is -0.104. The predicted molar refractivity (Wildman–Crippen MR) is 76.8 cm³/mol. The highest BCUT2D eigenvalue weighted by Gasteiger charge is 2.03. The standard InChI is InChI=1S/C15H17N3O/c1-12-5-6-15-14(8-12)10-17-18(15)11-13(9-16-2)4-3-7-19/h3-10,16H,11H2,1-2H3/b4-3-,13-9+. The summed E-state index contributed by atoms with van der Waals surface area (Å²) in [6.45, 7) is 2.69. The second-order valence-corrected chi connectivity index (χ2v) is 4.37. The number of hydrogen-bond donors (Lipinski definition) is 1. The van der Waals surface area contributed by atoms with E-state index in [2.05, 4.69) is 35.5 Å². The zero-order valence-electron chi connectivity index (χ0n) is 11.1. The van der Waals surface area contributed by atoms with Crippen LogP contribution in [0.3, 0.4) is 0 Å². The van der Waals surface area contributed by atoms with E-state index in [4.69, 9.17) is 0 Å². The van der Waals surface area contributed by atoms with E-state index < -0.39 is 0 Å². The molecule has 19 heavy (non-hydrogen) atoms. The molecule has 4 heteroatoms. The minimum absolute atomic E-state index is 0.623. The number of nitrogens with zero attached hydrogens (tertiary/aromatic N) is 2. The van der Waals surface area contributed by atoms with Gasteiger partial charge >= 0.3 is 0 Å². The molecule has 1 aromatic heterocycles. The molecule has 98 valence electrons. The number of fused-ring (bicyclic) bond motifs is 1. The summed E-state index contributed by atoms with van der Waals surface area (Å²) in [5.41, 5.74) is 3.30. The first-order chi connectivity index (χ1) is 9.24. The van der Waals surface area contributed by atoms with E-state index in [1.807, 2.05) is 24.1 Å². The Morgan fingerprint density at radius 3 is 3.05 bits per heavy atom. The molecule has 0 spiro atoms. The molecule has 1 heterocycles. The molecule has 0 bridgehead atoms. The number of aromatic nitrogens is 2. The maximum atomic E-state index is 10.4. The van der Waals surface area contributed by atoms with Crippen LogP contribution in [-0.2, 0) is 11.3 Å². The topological polar surface area (TPSA) is 46.9 Å². The first-order valence-electron chi connectivity index (χ1n) is 6.15. The van der Waals surface area contributed by atoms with Crippen molar-refractivity contribution in [1.29, 1.82) is 0 Å². The average molecular weight is 255 g/mol. The summed E-state index contributed by atoms with van der Waals surface area (Å²) in [7, 11) is 1.83. The van der Waals surface area contributed by atoms with Crippen LogP contribution in [0.15, 0.2) is 48.3 Å². The van der Waals surface area contributed by atoms with Gasteiger partial charge in [0.05, 0.1) is 18.3 Å². The van der Waals surface area contributed by atoms with Gasteiger partial charge in [-0.2, -0.15) is 5.10 Å². The summed E-state index contributed by atoms with van der Waals surface area (Å²) in [6, 6.07) is 6.25. The summed E-state index contributed by atoms with van der Waals surface area (Å²) in [5, 5.41) is 8.50. The smallest absolute Gasteiger partial charge is 0.142 e. The summed E-state index contributed by atoms with van der Waals surface area (Å²) < 4.78 is 1.92. The van der Waals surface area contributed by atoms with E-state index >= 15 is 0 Å². The molecule has 0 atom stereocenters. The quantitative estimate of drug-likeness (QED) is 0.506. The van der Waals surface area contributed by atoms with Crippen LogP contribution in [0.4, 0.5) is 0 Å². The number of nitrogens with one attached hydrogen (secondary N) is 1. The lowest BCUT2D eigenvalue weighted by atomic mass is 10.2. The molecule has 0 aliphatic carbocycles. The summed E-state index contributed by atoms with van der Waals surface area (Å²) >= 11 is 0. The molecule has 2 aromatic rings. The molecule has 0 saturated carbocycles. The minimum atomic E-state index is 0.623. The summed E-state index contributed by atoms with van der Waals surface area (Å²) in [4.78, 5) is 10.4. The number of rotatable bonds is 5. The Morgan fingerprint density at radius 2 is 2.32 bits per heavy atom. The van der Waals surface area contributed by atoms with Crippen molar-refractivity contribution < 1.29 is 4.79 Å². The maximum Gasteiger partial charge on any atom is 0.142 e. The molecule has 1 N–H and O–H groups in total. The van der Waals surface area contributed by atoms with Crippen molar-refractivity contribution in [2.75, 3.05) is 7.05 Å². The molecule has 0 unspecified atom stereocenters. The molecule has 0 saturated heterocycles. The van der Waals surface area contributed by atoms with Gasteiger partial charge in [0, 0.05) is 18.6 Å². The fourth-order valence-corrected chi connectivity index (χ4v) is 2.00. The first kappa shape index (κ1) is 13.1. The van der Waals surface area contributed by atoms with Crippen LogP contribution in [0.2, 0.25) is 0 Å². The summed E-state index contributed by atoms with van der Waals surface area (Å²) in [6.07, 6.45) is 7.77. The maximum absolute atomic E-state index is 10.4. The van der Waals surface area contributed by atoms with Gasteiger partial charge in [-0.05, 0) is 30.7 Å². The van der Waals surface area contributed by atoms with E-state index in [1.165, 1.54) is 11.6 Å². The van der Waals surface area contributed by atoms with Gasteiger partial charge < -0.3 is 5.32 Å². The van der Waals surface area contributed by atoms with Gasteiger partial charge in [0.1, 0.15) is 6.29 Å². The van der Waals surface area contributed by atoms with Gasteiger partial charge in [-0.15, -0.1) is 0 Å². The molecule has 2 rings (SSSR count). The predicted octanol–water partition coefficient (Wildman–Crippen LogP) is 2.20. The number of hydrogen-bond acceptors (Lipinski definition) is 3. The van der Waals surface area contributed by atoms with Gasteiger partial charge in [-0.25, -0.2) is 0 Å². The van der Waals surface area contributed by atoms with E-state index in [0.717, 1.165) is 22.8 Å². The van der Waals surface area contributed by atoms with Crippen LogP contribution < -0.4 is 5.32 Å². The lowest BCUT2D eigenvalue weighted by Gasteiger charge is -2.05. The summed E-state index contributed by atoms with van der Waals surface area (Å²) in [5.74, 6) is 0. The number of allylic oxidation sites excluding steroid dienone is 3. The van der Waals surface area contributed by atoms with Crippen LogP contribution in [0.5, 0.6) is 0 Å². The highest BCUT2D eigenvalue weighted by molar-refractivity contribution is 5.79. The Kier molecular flexibility index (Phi) is 4.13. The van der Waals surface area contributed by atoms with E-state index in [1.54, 1.807) is 6.08 Å². The van der Waals surface area contributed by atoms with Crippen molar-refractivity contribution in [1.82, 2.24) is 15.1 Å². The van der Waals surface area contributed by atoms with Crippen molar-refractivity contribution in [3.8, 4) is 0 Å². The molecular weight excluding hydrogens is 238 g/mol. The fourth-order valence-electron chi connectivity index (χ4n) is 2.00. The highest BCUT2D eigenvalue weighted by atomic mass is 16.1. The second-order valence-electron chi connectivity index (χ2n) is 4.37. The average Bonchev–Trinajstić information content (AvgIpc) is 2.78. The molecule has 0 radical (unpaired) electrons. The highest BCUT2D eigenvalue weighted by Crippen LogP contribution is 2.16. The minimum Gasteiger partial charge on any atom is -0.394 e. The Hall–Kier alpha value is -2.36. The van der Waals surface area contributed by atoms with Gasteiger partial charge in [0.25, 0.3) is 0 Å². The van der Waals surface area contributed by atoms with Crippen LogP contribution >= 0.6 is 0 Å². The third kappa shape index (κ3) is 3.10. The zero-order valence-corrected chi connectivity index (χ0v) is 11.1. The third-order valence-corrected chi connectivity index (χ3v) is 2.85. The molecular formula is C15H17N3O. The number of carbonyl (C=O) groups is 1. The van der Waals surface area contributed by atoms with Crippen LogP contribution in [0.1, 0.15) is 5.56 Å². The second kappa shape index (κ2) is 6.00. The van der Waals surface area contributed by atoms with Crippen LogP contribution in [0, 0.1) is 6.92 Å². The Balaban J connectivity index is 2.31. The van der Waals surface area contributed by atoms with E-state index in [9.17, 15) is 4.79 Å². The van der Waals surface area contributed by atoms with Crippen LogP contribution in [-0.4, -0.2) is 23.1 Å². The molecule has 0 aliphatic heterocycles. The number of carbonyl (C=O) groups excluding carboxylic acids is 1. The van der Waals surface area contributed by atoms with Gasteiger partial charge in [-0.3, -0.25) is 9.48 Å². The Labute approximate surface area is 112 Å². The zero-order chi connectivity index (χ0) is 13.7. The van der Waals surface area contributed by atoms with Crippen molar-refractivity contribution in [3.63, 3.8) is 0 Å². The van der Waals surface area contributed by atoms with Crippen molar-refractivity contribution in [2.24, 2.45) is 0 Å². The van der Waals surface area contributed by atoms with Crippen molar-refractivity contribution >= 4 is 17.2 Å². The Morgan fingerprint density at radius 1 is 1.47 bits per heavy atom. The fraction of sp³-hybridized carbons (Fsp3) is 0.200.